The average Bonchev–Trinajstić information content (AvgIpc) is 1.85. The molecule has 0 aliphatic carbocycles. The van der Waals surface area contributed by atoms with Crippen molar-refractivity contribution in [3.8, 4) is 0 Å². The average molecular weight is 130 g/mol. The molecule has 1 N–H and O–H groups in total. The fourth-order valence-corrected chi connectivity index (χ4v) is 0.297. The van der Waals surface area contributed by atoms with Crippen molar-refractivity contribution in [1.29, 1.82) is 0 Å². The fraction of sp³-hybridized carbons (Fsp3) is 0.600. The van der Waals surface area contributed by atoms with Gasteiger partial charge in [-0.1, -0.05) is 0 Å². The molecule has 0 amide bonds. The summed E-state index contributed by atoms with van der Waals surface area (Å²) in [5.74, 6) is -0.424. The molecule has 4 nitrogen and oxygen atoms in total. The van der Waals surface area contributed by atoms with Crippen molar-refractivity contribution in [3.63, 3.8) is 0 Å². The highest BCUT2D eigenvalue weighted by Gasteiger charge is 1.91. The summed E-state index contributed by atoms with van der Waals surface area (Å²) < 4.78 is 4.52. The first-order chi connectivity index (χ1) is 4.31. The lowest BCUT2D eigenvalue weighted by Gasteiger charge is -1.92. The van der Waals surface area contributed by atoms with Gasteiger partial charge in [0, 0.05) is 7.05 Å². The predicted octanol–water partition coefficient (Wildman–Crippen LogP) is -0.245. The molecule has 0 rings (SSSR count). The summed E-state index contributed by atoms with van der Waals surface area (Å²) in [6, 6.07) is 0. The summed E-state index contributed by atoms with van der Waals surface area (Å²) in [5, 5.41) is 3.44. The Morgan fingerprint density at radius 1 is 1.89 bits per heavy atom. The van der Waals surface area contributed by atoms with Gasteiger partial charge in [0.25, 0.3) is 0 Å². The Bertz CT molecular complexity index is 112. The van der Waals surface area contributed by atoms with Crippen molar-refractivity contribution in [2.24, 2.45) is 5.10 Å². The highest BCUT2D eigenvalue weighted by molar-refractivity contribution is 6.23. The van der Waals surface area contributed by atoms with E-state index in [1.807, 2.05) is 0 Å². The van der Waals surface area contributed by atoms with Crippen LogP contribution >= 0.6 is 0 Å². The Hall–Kier alpha value is -1.06. The minimum absolute atomic E-state index is 0.383. The van der Waals surface area contributed by atoms with E-state index in [0.717, 1.165) is 6.21 Å². The van der Waals surface area contributed by atoms with Crippen molar-refractivity contribution >= 4 is 12.2 Å². The first-order valence-electron chi connectivity index (χ1n) is 2.67. The Labute approximate surface area is 53.9 Å². The highest BCUT2D eigenvalue weighted by Crippen LogP contribution is 1.70. The van der Waals surface area contributed by atoms with Crippen LogP contribution in [0.1, 0.15) is 6.92 Å². The molecule has 0 aliphatic rings. The molecule has 9 heavy (non-hydrogen) atoms. The fourth-order valence-electron chi connectivity index (χ4n) is 0.297. The lowest BCUT2D eigenvalue weighted by molar-refractivity contribution is -0.134. The van der Waals surface area contributed by atoms with Crippen LogP contribution in [0.4, 0.5) is 0 Å². The normalized spacial score (nSPS) is 9.56. The number of hydrazone groups is 1. The van der Waals surface area contributed by atoms with E-state index in [9.17, 15) is 4.79 Å². The second kappa shape index (κ2) is 5.08. The van der Waals surface area contributed by atoms with E-state index in [2.05, 4.69) is 15.3 Å². The summed E-state index contributed by atoms with van der Waals surface area (Å²) in [4.78, 5) is 10.4. The topological polar surface area (TPSA) is 50.7 Å². The van der Waals surface area contributed by atoms with E-state index < -0.39 is 5.97 Å². The van der Waals surface area contributed by atoms with Crippen LogP contribution in [0.25, 0.3) is 0 Å². The molecule has 0 saturated carbocycles. The van der Waals surface area contributed by atoms with Gasteiger partial charge in [-0.05, 0) is 6.92 Å². The summed E-state index contributed by atoms with van der Waals surface area (Å²) in [6.45, 7) is 2.12. The first-order valence-corrected chi connectivity index (χ1v) is 2.67. The molecule has 0 aromatic carbocycles. The number of rotatable bonds is 3. The third-order valence-electron chi connectivity index (χ3n) is 0.586. The Morgan fingerprint density at radius 2 is 2.56 bits per heavy atom. The molecule has 0 unspecified atom stereocenters. The quantitative estimate of drug-likeness (QED) is 0.326. The lowest BCUT2D eigenvalue weighted by Crippen LogP contribution is -2.07. The first kappa shape index (κ1) is 7.94. The molecule has 0 aromatic rings. The van der Waals surface area contributed by atoms with Gasteiger partial charge in [0.15, 0.2) is 0 Å². The number of nitrogens with zero attached hydrogens (tertiary/aromatic N) is 1. The molecule has 0 fully saturated rings. The van der Waals surface area contributed by atoms with Crippen LogP contribution in [-0.2, 0) is 9.53 Å². The van der Waals surface area contributed by atoms with Crippen molar-refractivity contribution in [3.05, 3.63) is 0 Å². The maximum atomic E-state index is 10.4. The molecule has 0 saturated heterocycles. The van der Waals surface area contributed by atoms with Crippen LogP contribution in [0.2, 0.25) is 0 Å². The molecule has 0 spiro atoms. The van der Waals surface area contributed by atoms with Gasteiger partial charge < -0.3 is 10.2 Å². The number of carbonyl (C=O) groups is 1. The second-order valence-electron chi connectivity index (χ2n) is 1.23. The monoisotopic (exact) mass is 130 g/mol. The zero-order valence-electron chi connectivity index (χ0n) is 5.55. The van der Waals surface area contributed by atoms with Gasteiger partial charge in [0.2, 0.25) is 0 Å². The molecular weight excluding hydrogens is 120 g/mol. The minimum Gasteiger partial charge on any atom is -0.462 e. The van der Waals surface area contributed by atoms with E-state index >= 15 is 0 Å². The smallest absolute Gasteiger partial charge is 0.351 e. The summed E-state index contributed by atoms with van der Waals surface area (Å²) in [5.41, 5.74) is 2.43. The Morgan fingerprint density at radius 3 is 3.00 bits per heavy atom. The highest BCUT2D eigenvalue weighted by atomic mass is 16.5. The van der Waals surface area contributed by atoms with Crippen LogP contribution in [-0.4, -0.2) is 25.8 Å². The van der Waals surface area contributed by atoms with Crippen molar-refractivity contribution < 1.29 is 9.53 Å². The van der Waals surface area contributed by atoms with Crippen LogP contribution in [0, 0.1) is 0 Å². The standard InChI is InChI=1S/C5H10N2O2/c1-3-9-5(8)4-7-6-2/h4,6H,3H2,1-2H3. The number of nitrogens with one attached hydrogen (secondary N) is 1. The molecular formula is C5H10N2O2. The molecule has 0 radical (unpaired) electrons. The zero-order valence-corrected chi connectivity index (χ0v) is 5.55. The Kier molecular flexibility index (Phi) is 4.49. The van der Waals surface area contributed by atoms with Gasteiger partial charge in [-0.3, -0.25) is 0 Å². The summed E-state index contributed by atoms with van der Waals surface area (Å²) >= 11 is 0. The number of ether oxygens (including phenoxy) is 1. The van der Waals surface area contributed by atoms with E-state index in [4.69, 9.17) is 0 Å². The number of hydrogen-bond donors (Lipinski definition) is 1. The maximum absolute atomic E-state index is 10.4. The molecule has 0 bridgehead atoms. The third kappa shape index (κ3) is 4.80. The van der Waals surface area contributed by atoms with Crippen LogP contribution in [0.3, 0.4) is 0 Å². The predicted molar refractivity (Wildman–Crippen MR) is 34.2 cm³/mol. The van der Waals surface area contributed by atoms with E-state index in [1.165, 1.54) is 0 Å². The molecule has 0 atom stereocenters. The van der Waals surface area contributed by atoms with Crippen molar-refractivity contribution in [2.45, 2.75) is 6.92 Å². The molecule has 0 heterocycles. The molecule has 0 aromatic heterocycles. The second-order valence-corrected chi connectivity index (χ2v) is 1.23. The van der Waals surface area contributed by atoms with E-state index in [0.29, 0.717) is 6.61 Å². The lowest BCUT2D eigenvalue weighted by atomic mass is 10.7. The van der Waals surface area contributed by atoms with E-state index in [-0.39, 0.29) is 0 Å². The van der Waals surface area contributed by atoms with Gasteiger partial charge in [0.05, 0.1) is 6.61 Å². The van der Waals surface area contributed by atoms with Gasteiger partial charge in [0.1, 0.15) is 6.21 Å². The molecule has 4 heteroatoms. The maximum Gasteiger partial charge on any atom is 0.351 e. The van der Waals surface area contributed by atoms with Gasteiger partial charge >= 0.3 is 5.97 Å². The Balaban J connectivity index is 3.37. The summed E-state index contributed by atoms with van der Waals surface area (Å²) in [6.07, 6.45) is 1.09. The number of carbonyl (C=O) groups excluding carboxylic acids is 1. The number of hydrogen-bond acceptors (Lipinski definition) is 4. The molecule has 52 valence electrons. The van der Waals surface area contributed by atoms with Crippen molar-refractivity contribution in [1.82, 2.24) is 5.43 Å². The number of esters is 1. The van der Waals surface area contributed by atoms with E-state index in [1.54, 1.807) is 14.0 Å². The SMILES string of the molecule is CCOC(=O)C=NNC. The van der Waals surface area contributed by atoms with Gasteiger partial charge in [-0.2, -0.15) is 5.10 Å². The minimum atomic E-state index is -0.424. The summed E-state index contributed by atoms with van der Waals surface area (Å²) in [7, 11) is 1.61. The zero-order chi connectivity index (χ0) is 7.11. The third-order valence-corrected chi connectivity index (χ3v) is 0.586. The van der Waals surface area contributed by atoms with Crippen LogP contribution in [0.5, 0.6) is 0 Å². The van der Waals surface area contributed by atoms with Crippen LogP contribution < -0.4 is 5.43 Å². The van der Waals surface area contributed by atoms with Crippen LogP contribution in [0.15, 0.2) is 5.10 Å². The molecule has 0 aliphatic heterocycles. The van der Waals surface area contributed by atoms with Crippen molar-refractivity contribution in [2.75, 3.05) is 13.7 Å². The van der Waals surface area contributed by atoms with Gasteiger partial charge in [-0.15, -0.1) is 0 Å². The largest absolute Gasteiger partial charge is 0.462 e. The van der Waals surface area contributed by atoms with Gasteiger partial charge in [-0.25, -0.2) is 4.79 Å².